The highest BCUT2D eigenvalue weighted by Crippen LogP contribution is 2.33. The van der Waals surface area contributed by atoms with Crippen LogP contribution in [0.3, 0.4) is 0 Å². The average Bonchev–Trinajstić information content (AvgIpc) is 2.75. The van der Waals surface area contributed by atoms with Gasteiger partial charge in [-0.1, -0.05) is 29.8 Å². The number of hydrogen-bond donors (Lipinski definition) is 2. The molecule has 29 heavy (non-hydrogen) atoms. The maximum Gasteiger partial charge on any atom is 0.191 e. The second-order valence-corrected chi connectivity index (χ2v) is 8.64. The third kappa shape index (κ3) is 5.71. The van der Waals surface area contributed by atoms with E-state index in [1.165, 1.54) is 17.5 Å². The number of ether oxygens (including phenoxy) is 2. The van der Waals surface area contributed by atoms with Crippen molar-refractivity contribution in [3.05, 3.63) is 35.4 Å². The van der Waals surface area contributed by atoms with Crippen LogP contribution >= 0.6 is 0 Å². The lowest BCUT2D eigenvalue weighted by atomic mass is 9.88. The quantitative estimate of drug-likeness (QED) is 0.566. The number of aryl methyl sites for hydroxylation is 1. The fourth-order valence-corrected chi connectivity index (χ4v) is 4.41. The summed E-state index contributed by atoms with van der Waals surface area (Å²) in [6.45, 7) is 6.34. The first-order chi connectivity index (χ1) is 14.0. The number of guanidine groups is 1. The second-order valence-electron chi connectivity index (χ2n) is 8.64. The van der Waals surface area contributed by atoms with Crippen LogP contribution in [0.1, 0.15) is 42.9 Å². The molecule has 6 heteroatoms. The zero-order chi connectivity index (χ0) is 20.7. The van der Waals surface area contributed by atoms with Gasteiger partial charge in [-0.25, -0.2) is 0 Å². The molecule has 2 fully saturated rings. The van der Waals surface area contributed by atoms with Crippen LogP contribution < -0.4 is 10.6 Å². The highest BCUT2D eigenvalue weighted by molar-refractivity contribution is 5.79. The summed E-state index contributed by atoms with van der Waals surface area (Å²) in [6, 6.07) is 8.76. The summed E-state index contributed by atoms with van der Waals surface area (Å²) < 4.78 is 11.7. The van der Waals surface area contributed by atoms with Crippen molar-refractivity contribution in [2.24, 2.45) is 10.9 Å². The molecule has 0 spiro atoms. The van der Waals surface area contributed by atoms with Gasteiger partial charge in [-0.3, -0.25) is 4.99 Å². The van der Waals surface area contributed by atoms with Crippen molar-refractivity contribution in [2.45, 2.75) is 44.2 Å². The standard InChI is InChI=1S/C23H38N4O2/c1-18-7-9-19(10-8-18)21-20(6-5-13-29-21)16-25-22(24-2)26-17-23(27(3)4)11-14-28-15-12-23/h7-10,20-21H,5-6,11-17H2,1-4H3,(H2,24,25,26). The Hall–Kier alpha value is -1.63. The maximum absolute atomic E-state index is 6.16. The van der Waals surface area contributed by atoms with Crippen LogP contribution in [0.15, 0.2) is 29.3 Å². The summed E-state index contributed by atoms with van der Waals surface area (Å²) in [5.41, 5.74) is 2.68. The molecule has 0 aliphatic carbocycles. The predicted molar refractivity (Wildman–Crippen MR) is 118 cm³/mol. The summed E-state index contributed by atoms with van der Waals surface area (Å²) in [5.74, 6) is 1.31. The van der Waals surface area contributed by atoms with Crippen LogP contribution in [-0.4, -0.2) is 70.5 Å². The van der Waals surface area contributed by atoms with E-state index in [-0.39, 0.29) is 11.6 Å². The largest absolute Gasteiger partial charge is 0.381 e. The third-order valence-electron chi connectivity index (χ3n) is 6.56. The van der Waals surface area contributed by atoms with Crippen molar-refractivity contribution >= 4 is 5.96 Å². The van der Waals surface area contributed by atoms with E-state index in [2.05, 4.69) is 65.8 Å². The van der Waals surface area contributed by atoms with E-state index < -0.39 is 0 Å². The van der Waals surface area contributed by atoms with Gasteiger partial charge in [0.1, 0.15) is 0 Å². The summed E-state index contributed by atoms with van der Waals surface area (Å²) >= 11 is 0. The Morgan fingerprint density at radius 3 is 2.52 bits per heavy atom. The Kier molecular flexibility index (Phi) is 7.92. The zero-order valence-electron chi connectivity index (χ0n) is 18.5. The van der Waals surface area contributed by atoms with E-state index in [4.69, 9.17) is 9.47 Å². The molecule has 2 N–H and O–H groups in total. The minimum Gasteiger partial charge on any atom is -0.381 e. The van der Waals surface area contributed by atoms with Crippen molar-refractivity contribution in [1.82, 2.24) is 15.5 Å². The Morgan fingerprint density at radius 1 is 1.14 bits per heavy atom. The monoisotopic (exact) mass is 402 g/mol. The molecule has 0 amide bonds. The van der Waals surface area contributed by atoms with E-state index in [1.54, 1.807) is 0 Å². The number of nitrogens with one attached hydrogen (secondary N) is 2. The molecule has 0 bridgehead atoms. The highest BCUT2D eigenvalue weighted by atomic mass is 16.5. The molecule has 2 aliphatic rings. The molecule has 162 valence electrons. The van der Waals surface area contributed by atoms with Gasteiger partial charge < -0.3 is 25.0 Å². The fraction of sp³-hybridized carbons (Fsp3) is 0.696. The van der Waals surface area contributed by atoms with Gasteiger partial charge in [0, 0.05) is 51.4 Å². The number of hydrogen-bond acceptors (Lipinski definition) is 4. The SMILES string of the molecule is CN=C(NCC1CCCOC1c1ccc(C)cc1)NCC1(N(C)C)CCOCC1. The Balaban J connectivity index is 1.56. The van der Waals surface area contributed by atoms with E-state index >= 15 is 0 Å². The predicted octanol–water partition coefficient (Wildman–Crippen LogP) is 2.74. The van der Waals surface area contributed by atoms with E-state index in [0.717, 1.165) is 58.1 Å². The molecule has 1 aromatic carbocycles. The Bertz CT molecular complexity index is 653. The average molecular weight is 403 g/mol. The smallest absolute Gasteiger partial charge is 0.191 e. The molecule has 2 aliphatic heterocycles. The first kappa shape index (κ1) is 22.1. The van der Waals surface area contributed by atoms with Crippen LogP contribution in [0.5, 0.6) is 0 Å². The molecular weight excluding hydrogens is 364 g/mol. The zero-order valence-corrected chi connectivity index (χ0v) is 18.5. The normalized spacial score (nSPS) is 25.1. The van der Waals surface area contributed by atoms with Gasteiger partial charge in [-0.05, 0) is 52.3 Å². The van der Waals surface area contributed by atoms with Crippen LogP contribution in [0.2, 0.25) is 0 Å². The molecule has 2 saturated heterocycles. The highest BCUT2D eigenvalue weighted by Gasteiger charge is 2.35. The molecular formula is C23H38N4O2. The number of rotatable bonds is 6. The third-order valence-corrected chi connectivity index (χ3v) is 6.56. The minimum absolute atomic E-state index is 0.119. The van der Waals surface area contributed by atoms with Crippen molar-refractivity contribution < 1.29 is 9.47 Å². The summed E-state index contributed by atoms with van der Waals surface area (Å²) in [4.78, 5) is 6.79. The van der Waals surface area contributed by atoms with Gasteiger partial charge >= 0.3 is 0 Å². The van der Waals surface area contributed by atoms with Gasteiger partial charge in [0.2, 0.25) is 0 Å². The Labute approximate surface area is 176 Å². The minimum atomic E-state index is 0.119. The van der Waals surface area contributed by atoms with Crippen LogP contribution in [0, 0.1) is 12.8 Å². The lowest BCUT2D eigenvalue weighted by molar-refractivity contribution is -0.0266. The number of aliphatic imine (C=N–C) groups is 1. The first-order valence-electron chi connectivity index (χ1n) is 10.9. The van der Waals surface area contributed by atoms with Gasteiger partial charge in [0.05, 0.1) is 6.10 Å². The fourth-order valence-electron chi connectivity index (χ4n) is 4.41. The van der Waals surface area contributed by atoms with Crippen LogP contribution in [-0.2, 0) is 9.47 Å². The van der Waals surface area contributed by atoms with Crippen LogP contribution in [0.4, 0.5) is 0 Å². The van der Waals surface area contributed by atoms with E-state index in [1.807, 2.05) is 7.05 Å². The molecule has 2 unspecified atom stereocenters. The maximum atomic E-state index is 6.16. The van der Waals surface area contributed by atoms with Gasteiger partial charge in [0.15, 0.2) is 5.96 Å². The molecule has 6 nitrogen and oxygen atoms in total. The molecule has 1 aromatic rings. The second kappa shape index (κ2) is 10.4. The van der Waals surface area contributed by atoms with Gasteiger partial charge in [0.25, 0.3) is 0 Å². The summed E-state index contributed by atoms with van der Waals surface area (Å²) in [7, 11) is 6.17. The molecule has 2 heterocycles. The number of nitrogens with zero attached hydrogens (tertiary/aromatic N) is 2. The molecule has 0 radical (unpaired) electrons. The van der Waals surface area contributed by atoms with E-state index in [9.17, 15) is 0 Å². The molecule has 0 saturated carbocycles. The molecule has 3 rings (SSSR count). The summed E-state index contributed by atoms with van der Waals surface area (Å²) in [5, 5.41) is 7.12. The lowest BCUT2D eigenvalue weighted by Crippen LogP contribution is -2.57. The van der Waals surface area contributed by atoms with Crippen LogP contribution in [0.25, 0.3) is 0 Å². The van der Waals surface area contributed by atoms with Crippen molar-refractivity contribution in [1.29, 1.82) is 0 Å². The van der Waals surface area contributed by atoms with Gasteiger partial charge in [-0.2, -0.15) is 0 Å². The van der Waals surface area contributed by atoms with Crippen molar-refractivity contribution in [3.8, 4) is 0 Å². The van der Waals surface area contributed by atoms with E-state index in [0.29, 0.717) is 5.92 Å². The van der Waals surface area contributed by atoms with Crippen molar-refractivity contribution in [2.75, 3.05) is 54.1 Å². The van der Waals surface area contributed by atoms with Gasteiger partial charge in [-0.15, -0.1) is 0 Å². The number of likely N-dealkylation sites (N-methyl/N-ethyl adjacent to an activating group) is 1. The molecule has 0 aromatic heterocycles. The number of benzene rings is 1. The topological polar surface area (TPSA) is 58.1 Å². The Morgan fingerprint density at radius 2 is 1.86 bits per heavy atom. The molecule has 2 atom stereocenters. The van der Waals surface area contributed by atoms with Crippen molar-refractivity contribution in [3.63, 3.8) is 0 Å². The summed E-state index contributed by atoms with van der Waals surface area (Å²) in [6.07, 6.45) is 4.51. The first-order valence-corrected chi connectivity index (χ1v) is 10.9. The lowest BCUT2D eigenvalue weighted by Gasteiger charge is -2.43.